The minimum absolute atomic E-state index is 0.0993. The Balaban J connectivity index is 2.13. The molecule has 0 saturated carbocycles. The van der Waals surface area contributed by atoms with Gasteiger partial charge in [0.2, 0.25) is 11.8 Å². The third kappa shape index (κ3) is 4.28. The molecule has 126 valence electrons. The molecule has 0 aromatic heterocycles. The maximum Gasteiger partial charge on any atom is 0.244 e. The second-order valence-corrected chi connectivity index (χ2v) is 4.98. The number of halogens is 2. The number of carbonyl (C=O) groups is 2. The van der Waals surface area contributed by atoms with E-state index in [4.69, 9.17) is 4.74 Å². The summed E-state index contributed by atoms with van der Waals surface area (Å²) in [5, 5.41) is 2.62. The van der Waals surface area contributed by atoms with Crippen molar-refractivity contribution in [1.29, 1.82) is 0 Å². The van der Waals surface area contributed by atoms with E-state index in [1.807, 2.05) is 0 Å². The van der Waals surface area contributed by atoms with Crippen molar-refractivity contribution in [3.63, 3.8) is 0 Å². The van der Waals surface area contributed by atoms with Crippen molar-refractivity contribution in [1.82, 2.24) is 0 Å². The van der Waals surface area contributed by atoms with Gasteiger partial charge in [0.1, 0.15) is 12.3 Å². The van der Waals surface area contributed by atoms with Crippen LogP contribution in [0.5, 0.6) is 5.75 Å². The molecular formula is C17H16F2N2O3. The molecule has 0 radical (unpaired) electrons. The normalized spacial score (nSPS) is 10.2. The number of nitrogens with one attached hydrogen (secondary N) is 1. The van der Waals surface area contributed by atoms with Crippen LogP contribution in [0.3, 0.4) is 0 Å². The van der Waals surface area contributed by atoms with E-state index in [1.165, 1.54) is 20.1 Å². The molecule has 2 rings (SSSR count). The number of methoxy groups -OCH3 is 1. The van der Waals surface area contributed by atoms with Gasteiger partial charge in [-0.15, -0.1) is 0 Å². The third-order valence-electron chi connectivity index (χ3n) is 3.25. The zero-order valence-electron chi connectivity index (χ0n) is 13.2. The van der Waals surface area contributed by atoms with Crippen LogP contribution in [0.4, 0.5) is 20.2 Å². The Hall–Kier alpha value is -2.96. The number of rotatable bonds is 5. The van der Waals surface area contributed by atoms with Gasteiger partial charge in [0.05, 0.1) is 7.11 Å². The fraction of sp³-hybridized carbons (Fsp3) is 0.176. The highest BCUT2D eigenvalue weighted by Crippen LogP contribution is 2.19. The summed E-state index contributed by atoms with van der Waals surface area (Å²) in [6, 6.07) is 9.71. The van der Waals surface area contributed by atoms with Crippen LogP contribution in [0, 0.1) is 11.6 Å². The molecule has 0 aliphatic rings. The number of nitrogens with zero attached hydrogens (tertiary/aromatic N) is 1. The smallest absolute Gasteiger partial charge is 0.244 e. The van der Waals surface area contributed by atoms with Gasteiger partial charge < -0.3 is 15.0 Å². The van der Waals surface area contributed by atoms with Crippen molar-refractivity contribution in [2.45, 2.75) is 6.92 Å². The van der Waals surface area contributed by atoms with E-state index in [0.717, 1.165) is 17.0 Å². The van der Waals surface area contributed by atoms with E-state index in [9.17, 15) is 18.4 Å². The van der Waals surface area contributed by atoms with Crippen molar-refractivity contribution in [3.8, 4) is 5.75 Å². The van der Waals surface area contributed by atoms with Gasteiger partial charge in [-0.3, -0.25) is 9.59 Å². The van der Waals surface area contributed by atoms with Gasteiger partial charge in [-0.05, 0) is 24.3 Å². The lowest BCUT2D eigenvalue weighted by Crippen LogP contribution is -2.36. The predicted molar refractivity (Wildman–Crippen MR) is 86.0 cm³/mol. The van der Waals surface area contributed by atoms with Gasteiger partial charge in [-0.25, -0.2) is 8.78 Å². The molecule has 0 aliphatic carbocycles. The zero-order valence-corrected chi connectivity index (χ0v) is 13.2. The minimum atomic E-state index is -1.09. The van der Waals surface area contributed by atoms with E-state index in [2.05, 4.69) is 5.32 Å². The number of amides is 2. The standard InChI is InChI=1S/C17H16F2N2O3/c1-11(22)21(13-6-7-15(18)16(19)9-13)10-17(23)20-12-4-3-5-14(8-12)24-2/h3-9H,10H2,1-2H3,(H,20,23). The second kappa shape index (κ2) is 7.54. The molecular weight excluding hydrogens is 318 g/mol. The van der Waals surface area contributed by atoms with Crippen molar-refractivity contribution in [2.24, 2.45) is 0 Å². The van der Waals surface area contributed by atoms with E-state index >= 15 is 0 Å². The highest BCUT2D eigenvalue weighted by molar-refractivity contribution is 6.01. The van der Waals surface area contributed by atoms with E-state index in [0.29, 0.717) is 11.4 Å². The van der Waals surface area contributed by atoms with Crippen molar-refractivity contribution < 1.29 is 23.1 Å². The summed E-state index contributed by atoms with van der Waals surface area (Å²) in [4.78, 5) is 24.9. The first-order valence-electron chi connectivity index (χ1n) is 7.07. The summed E-state index contributed by atoms with van der Waals surface area (Å²) in [5.74, 6) is -2.50. The Morgan fingerprint density at radius 2 is 1.88 bits per heavy atom. The largest absolute Gasteiger partial charge is 0.497 e. The molecule has 0 unspecified atom stereocenters. The van der Waals surface area contributed by atoms with Crippen LogP contribution in [0.15, 0.2) is 42.5 Å². The Morgan fingerprint density at radius 3 is 2.50 bits per heavy atom. The predicted octanol–water partition coefficient (Wildman–Crippen LogP) is 2.97. The number of ether oxygens (including phenoxy) is 1. The molecule has 24 heavy (non-hydrogen) atoms. The summed E-state index contributed by atoms with van der Waals surface area (Å²) >= 11 is 0. The Bertz CT molecular complexity index is 765. The maximum absolute atomic E-state index is 13.3. The Morgan fingerprint density at radius 1 is 1.12 bits per heavy atom. The van der Waals surface area contributed by atoms with Crippen LogP contribution in [0.2, 0.25) is 0 Å². The molecule has 2 aromatic rings. The lowest BCUT2D eigenvalue weighted by atomic mass is 10.2. The van der Waals surface area contributed by atoms with E-state index in [1.54, 1.807) is 24.3 Å². The summed E-state index contributed by atoms with van der Waals surface area (Å²) in [6.45, 7) is 0.900. The lowest BCUT2D eigenvalue weighted by Gasteiger charge is -2.21. The maximum atomic E-state index is 13.3. The third-order valence-corrected chi connectivity index (χ3v) is 3.25. The van der Waals surface area contributed by atoms with Crippen molar-refractivity contribution in [3.05, 3.63) is 54.1 Å². The van der Waals surface area contributed by atoms with Crippen LogP contribution in [0.1, 0.15) is 6.92 Å². The summed E-state index contributed by atoms with van der Waals surface area (Å²) in [5.41, 5.74) is 0.593. The Labute approximate surface area is 137 Å². The second-order valence-electron chi connectivity index (χ2n) is 4.98. The molecule has 7 heteroatoms. The fourth-order valence-electron chi connectivity index (χ4n) is 2.08. The fourth-order valence-corrected chi connectivity index (χ4v) is 2.08. The molecule has 2 amide bonds. The molecule has 0 heterocycles. The average Bonchev–Trinajstić information content (AvgIpc) is 2.55. The van der Waals surface area contributed by atoms with Gasteiger partial charge in [-0.1, -0.05) is 6.07 Å². The SMILES string of the molecule is COc1cccc(NC(=O)CN(C(C)=O)c2ccc(F)c(F)c2)c1. The van der Waals surface area contributed by atoms with E-state index < -0.39 is 23.4 Å². The van der Waals surface area contributed by atoms with Gasteiger partial charge >= 0.3 is 0 Å². The highest BCUT2D eigenvalue weighted by Gasteiger charge is 2.17. The van der Waals surface area contributed by atoms with Crippen LogP contribution in [0.25, 0.3) is 0 Å². The van der Waals surface area contributed by atoms with Crippen molar-refractivity contribution in [2.75, 3.05) is 23.9 Å². The van der Waals surface area contributed by atoms with Crippen LogP contribution in [-0.2, 0) is 9.59 Å². The summed E-state index contributed by atoms with van der Waals surface area (Å²) in [7, 11) is 1.50. The number of hydrogen-bond donors (Lipinski definition) is 1. The summed E-state index contributed by atoms with van der Waals surface area (Å²) in [6.07, 6.45) is 0. The molecule has 0 bridgehead atoms. The van der Waals surface area contributed by atoms with E-state index in [-0.39, 0.29) is 12.2 Å². The van der Waals surface area contributed by atoms with Gasteiger partial charge in [0.15, 0.2) is 11.6 Å². The monoisotopic (exact) mass is 334 g/mol. The number of carbonyl (C=O) groups excluding carboxylic acids is 2. The van der Waals surface area contributed by atoms with Gasteiger partial charge in [0.25, 0.3) is 0 Å². The first kappa shape index (κ1) is 17.4. The number of benzene rings is 2. The van der Waals surface area contributed by atoms with Crippen LogP contribution < -0.4 is 15.0 Å². The van der Waals surface area contributed by atoms with Crippen LogP contribution in [-0.4, -0.2) is 25.5 Å². The van der Waals surface area contributed by atoms with Crippen molar-refractivity contribution >= 4 is 23.2 Å². The molecule has 0 atom stereocenters. The molecule has 0 aliphatic heterocycles. The first-order valence-corrected chi connectivity index (χ1v) is 7.07. The molecule has 0 spiro atoms. The molecule has 0 saturated heterocycles. The number of hydrogen-bond acceptors (Lipinski definition) is 3. The first-order chi connectivity index (χ1) is 11.4. The molecule has 1 N–H and O–H groups in total. The number of anilines is 2. The zero-order chi connectivity index (χ0) is 17.7. The quantitative estimate of drug-likeness (QED) is 0.914. The Kier molecular flexibility index (Phi) is 5.47. The molecule has 2 aromatic carbocycles. The average molecular weight is 334 g/mol. The highest BCUT2D eigenvalue weighted by atomic mass is 19.2. The lowest BCUT2D eigenvalue weighted by molar-refractivity contribution is -0.120. The molecule has 0 fully saturated rings. The topological polar surface area (TPSA) is 58.6 Å². The van der Waals surface area contributed by atoms with Crippen LogP contribution >= 0.6 is 0 Å². The summed E-state index contributed by atoms with van der Waals surface area (Å²) < 4.78 is 31.4. The van der Waals surface area contributed by atoms with Gasteiger partial charge in [0, 0.05) is 30.4 Å². The molecule has 5 nitrogen and oxygen atoms in total. The van der Waals surface area contributed by atoms with Gasteiger partial charge in [-0.2, -0.15) is 0 Å². The minimum Gasteiger partial charge on any atom is -0.497 e.